The molecular formula is C36H54N8O11. The topological polar surface area (TPSA) is 217 Å². The van der Waals surface area contributed by atoms with E-state index in [9.17, 15) is 33.6 Å². The Kier molecular flexibility index (Phi) is 18.6. The molecule has 3 aliphatic heterocycles. The minimum atomic E-state index is -1.08. The Labute approximate surface area is 320 Å². The fourth-order valence-electron chi connectivity index (χ4n) is 6.07. The molecule has 1 aromatic carbocycles. The number of carbonyl (C=O) groups excluding carboxylic acids is 7. The van der Waals surface area contributed by atoms with Crippen molar-refractivity contribution in [2.24, 2.45) is 0 Å². The molecule has 3 fully saturated rings. The maximum Gasteiger partial charge on any atom is 0.407 e. The number of hydrogen-bond acceptors (Lipinski definition) is 12. The van der Waals surface area contributed by atoms with Crippen LogP contribution in [0.2, 0.25) is 0 Å². The van der Waals surface area contributed by atoms with Gasteiger partial charge in [0.05, 0.1) is 78.4 Å². The first-order valence-electron chi connectivity index (χ1n) is 18.8. The van der Waals surface area contributed by atoms with Crippen molar-refractivity contribution in [1.82, 2.24) is 40.9 Å². The summed E-state index contributed by atoms with van der Waals surface area (Å²) in [6.07, 6.45) is 0.330. The van der Waals surface area contributed by atoms with E-state index in [4.69, 9.17) is 18.9 Å². The molecule has 4 N–H and O–H groups in total. The fourth-order valence-corrected chi connectivity index (χ4v) is 6.07. The van der Waals surface area contributed by atoms with Crippen LogP contribution in [-0.2, 0) is 54.3 Å². The molecule has 0 aromatic heterocycles. The summed E-state index contributed by atoms with van der Waals surface area (Å²) in [5, 5.41) is 10.5. The second-order valence-electron chi connectivity index (χ2n) is 13.2. The van der Waals surface area contributed by atoms with Gasteiger partial charge in [-0.3, -0.25) is 33.7 Å². The Morgan fingerprint density at radius 2 is 1.07 bits per heavy atom. The summed E-state index contributed by atoms with van der Waals surface area (Å²) in [5.74, 6) is -2.71. The summed E-state index contributed by atoms with van der Waals surface area (Å²) in [6, 6.07) is 8.14. The predicted octanol–water partition coefficient (Wildman–Crippen LogP) is -2.32. The SMILES string of the molecule is O=C(CN(CC(=O)NCC(=O)N1CCOCC1)[C@@H](CCCCNC(=O)OCc1ccccc1)C(=O)NCC(=O)N1CCOCC1)NCC(=O)N1CCOCC1. The maximum atomic E-state index is 13.8. The van der Waals surface area contributed by atoms with Gasteiger partial charge in [-0.1, -0.05) is 30.3 Å². The molecule has 3 aliphatic rings. The molecule has 0 bridgehead atoms. The lowest BCUT2D eigenvalue weighted by atomic mass is 10.1. The van der Waals surface area contributed by atoms with Gasteiger partial charge in [0.2, 0.25) is 35.4 Å². The van der Waals surface area contributed by atoms with Crippen LogP contribution >= 0.6 is 0 Å². The lowest BCUT2D eigenvalue weighted by molar-refractivity contribution is -0.139. The molecular weight excluding hydrogens is 720 g/mol. The highest BCUT2D eigenvalue weighted by Crippen LogP contribution is 2.11. The van der Waals surface area contributed by atoms with Gasteiger partial charge in [-0.05, 0) is 24.8 Å². The quantitative estimate of drug-likeness (QED) is 0.109. The average Bonchev–Trinajstić information content (AvgIpc) is 3.22. The molecule has 3 heterocycles. The van der Waals surface area contributed by atoms with Crippen LogP contribution in [0.25, 0.3) is 0 Å². The van der Waals surface area contributed by atoms with Crippen LogP contribution in [-0.4, -0.2) is 185 Å². The Morgan fingerprint density at radius 1 is 0.618 bits per heavy atom. The molecule has 304 valence electrons. The predicted molar refractivity (Wildman–Crippen MR) is 195 cm³/mol. The van der Waals surface area contributed by atoms with E-state index in [1.807, 2.05) is 30.3 Å². The molecule has 3 saturated heterocycles. The summed E-state index contributed by atoms with van der Waals surface area (Å²) in [6.45, 7) is 3.28. The number of hydrogen-bond donors (Lipinski definition) is 4. The van der Waals surface area contributed by atoms with E-state index in [2.05, 4.69) is 21.3 Å². The number of nitrogens with one attached hydrogen (secondary N) is 4. The minimum Gasteiger partial charge on any atom is -0.445 e. The van der Waals surface area contributed by atoms with Gasteiger partial charge >= 0.3 is 6.09 Å². The van der Waals surface area contributed by atoms with Crippen LogP contribution in [0.15, 0.2) is 30.3 Å². The van der Waals surface area contributed by atoms with Gasteiger partial charge in [-0.2, -0.15) is 0 Å². The molecule has 55 heavy (non-hydrogen) atoms. The van der Waals surface area contributed by atoms with E-state index in [0.29, 0.717) is 91.8 Å². The van der Waals surface area contributed by atoms with Gasteiger partial charge in [0.15, 0.2) is 0 Å². The molecule has 19 heteroatoms. The van der Waals surface area contributed by atoms with Gasteiger partial charge < -0.3 is 54.9 Å². The summed E-state index contributed by atoms with van der Waals surface area (Å²) < 4.78 is 21.2. The second-order valence-corrected chi connectivity index (χ2v) is 13.2. The summed E-state index contributed by atoms with van der Waals surface area (Å²) in [5.41, 5.74) is 0.836. The zero-order valence-electron chi connectivity index (χ0n) is 31.3. The zero-order valence-corrected chi connectivity index (χ0v) is 31.3. The highest BCUT2D eigenvalue weighted by molar-refractivity contribution is 5.91. The van der Waals surface area contributed by atoms with Crippen LogP contribution in [0.1, 0.15) is 24.8 Å². The first-order chi connectivity index (χ1) is 26.7. The van der Waals surface area contributed by atoms with Crippen LogP contribution in [0.3, 0.4) is 0 Å². The molecule has 0 spiro atoms. The smallest absolute Gasteiger partial charge is 0.407 e. The summed E-state index contributed by atoms with van der Waals surface area (Å²) in [4.78, 5) is 97.1. The summed E-state index contributed by atoms with van der Waals surface area (Å²) >= 11 is 0. The first kappa shape index (κ1) is 42.9. The van der Waals surface area contributed by atoms with Crippen molar-refractivity contribution >= 4 is 41.5 Å². The van der Waals surface area contributed by atoms with Crippen molar-refractivity contribution in [3.63, 3.8) is 0 Å². The van der Waals surface area contributed by atoms with E-state index in [0.717, 1.165) is 5.56 Å². The number of carbonyl (C=O) groups is 7. The van der Waals surface area contributed by atoms with Crippen molar-refractivity contribution in [2.75, 3.05) is 118 Å². The van der Waals surface area contributed by atoms with Crippen LogP contribution in [0, 0.1) is 0 Å². The van der Waals surface area contributed by atoms with Crippen molar-refractivity contribution in [3.05, 3.63) is 35.9 Å². The Hall–Kier alpha value is -4.85. The Bertz CT molecular complexity index is 1370. The van der Waals surface area contributed by atoms with Crippen LogP contribution in [0.4, 0.5) is 4.79 Å². The zero-order chi connectivity index (χ0) is 39.3. The molecule has 19 nitrogen and oxygen atoms in total. The van der Waals surface area contributed by atoms with Crippen LogP contribution < -0.4 is 21.3 Å². The standard InChI is InChI=1S/C36H54N8O11/c45-30(38-22-32(47)41-10-16-52-17-11-41)25-44(26-31(46)39-23-33(48)42-12-18-53-19-13-42)29(35(50)40-24-34(49)43-14-20-54-21-15-43)8-4-5-9-37-36(51)55-27-28-6-2-1-3-7-28/h1-3,6-7,29H,4-5,8-27H2,(H,37,51)(H,38,45)(H,39,46)(H,40,50)/t29-/m0/s1. The average molecular weight is 775 g/mol. The number of ether oxygens (including phenoxy) is 4. The van der Waals surface area contributed by atoms with Crippen molar-refractivity contribution in [3.8, 4) is 0 Å². The van der Waals surface area contributed by atoms with Gasteiger partial charge in [-0.15, -0.1) is 0 Å². The van der Waals surface area contributed by atoms with Crippen molar-refractivity contribution < 1.29 is 52.5 Å². The molecule has 0 aliphatic carbocycles. The van der Waals surface area contributed by atoms with E-state index in [-0.39, 0.29) is 56.9 Å². The molecule has 1 aromatic rings. The lowest BCUT2D eigenvalue weighted by Gasteiger charge is -2.31. The van der Waals surface area contributed by atoms with E-state index < -0.39 is 42.9 Å². The number of unbranched alkanes of at least 4 members (excludes halogenated alkanes) is 1. The van der Waals surface area contributed by atoms with Gasteiger partial charge in [-0.25, -0.2) is 4.79 Å². The normalized spacial score (nSPS) is 16.5. The first-order valence-corrected chi connectivity index (χ1v) is 18.8. The van der Waals surface area contributed by atoms with Crippen molar-refractivity contribution in [2.45, 2.75) is 31.9 Å². The number of alkyl carbamates (subject to hydrolysis) is 1. The Balaban J connectivity index is 1.39. The number of rotatable bonds is 19. The number of benzene rings is 1. The maximum absolute atomic E-state index is 13.8. The number of morpholine rings is 3. The molecule has 0 saturated carbocycles. The Morgan fingerprint density at radius 3 is 1.55 bits per heavy atom. The highest BCUT2D eigenvalue weighted by atomic mass is 16.5. The highest BCUT2D eigenvalue weighted by Gasteiger charge is 2.31. The molecule has 1 atom stereocenters. The third kappa shape index (κ3) is 15.8. The van der Waals surface area contributed by atoms with E-state index >= 15 is 0 Å². The monoisotopic (exact) mass is 774 g/mol. The molecule has 4 rings (SSSR count). The largest absolute Gasteiger partial charge is 0.445 e. The molecule has 0 unspecified atom stereocenters. The van der Waals surface area contributed by atoms with Gasteiger partial charge in [0.1, 0.15) is 6.61 Å². The van der Waals surface area contributed by atoms with Crippen LogP contribution in [0.5, 0.6) is 0 Å². The fraction of sp³-hybridized carbons (Fsp3) is 0.639. The summed E-state index contributed by atoms with van der Waals surface area (Å²) in [7, 11) is 0. The number of nitrogens with zero attached hydrogens (tertiary/aromatic N) is 4. The lowest BCUT2D eigenvalue weighted by Crippen LogP contribution is -2.55. The molecule has 7 amide bonds. The van der Waals surface area contributed by atoms with Gasteiger partial charge in [0.25, 0.3) is 0 Å². The van der Waals surface area contributed by atoms with E-state index in [1.54, 1.807) is 14.7 Å². The third-order valence-electron chi connectivity index (χ3n) is 9.20. The molecule has 0 radical (unpaired) electrons. The second kappa shape index (κ2) is 23.8. The minimum absolute atomic E-state index is 0.104. The third-order valence-corrected chi connectivity index (χ3v) is 9.20. The van der Waals surface area contributed by atoms with Crippen molar-refractivity contribution in [1.29, 1.82) is 0 Å². The van der Waals surface area contributed by atoms with E-state index in [1.165, 1.54) is 4.90 Å². The van der Waals surface area contributed by atoms with Gasteiger partial charge in [0, 0.05) is 45.8 Å². The number of amides is 7.